The molecule has 0 unspecified atom stereocenters. The molecule has 5 nitrogen and oxygen atoms in total. The predicted molar refractivity (Wildman–Crippen MR) is 72.3 cm³/mol. The van der Waals surface area contributed by atoms with Crippen molar-refractivity contribution < 1.29 is 9.26 Å². The van der Waals surface area contributed by atoms with E-state index in [2.05, 4.69) is 10.1 Å². The first kappa shape index (κ1) is 14.1. The van der Waals surface area contributed by atoms with E-state index < -0.39 is 5.54 Å². The first-order valence-electron chi connectivity index (χ1n) is 5.56. The van der Waals surface area contributed by atoms with Gasteiger partial charge in [0.1, 0.15) is 0 Å². The summed E-state index contributed by atoms with van der Waals surface area (Å²) in [6, 6.07) is 5.11. The van der Waals surface area contributed by atoms with Crippen LogP contribution in [0.3, 0.4) is 0 Å². The van der Waals surface area contributed by atoms with Gasteiger partial charge in [-0.15, -0.1) is 0 Å². The Morgan fingerprint density at radius 2 is 1.95 bits per heavy atom. The zero-order chi connectivity index (χ0) is 14.0. The Balaban J connectivity index is 2.09. The third kappa shape index (κ3) is 3.37. The number of aromatic nitrogens is 2. The minimum Gasteiger partial charge on any atom is -0.481 e. The molecule has 0 saturated carbocycles. The largest absolute Gasteiger partial charge is 0.481 e. The first-order valence-corrected chi connectivity index (χ1v) is 6.32. The van der Waals surface area contributed by atoms with Crippen molar-refractivity contribution in [3.8, 4) is 5.75 Å². The maximum absolute atomic E-state index is 5.98. The van der Waals surface area contributed by atoms with Crippen molar-refractivity contribution in [3.05, 3.63) is 40.0 Å². The second-order valence-electron chi connectivity index (χ2n) is 4.57. The molecule has 0 bridgehead atoms. The summed E-state index contributed by atoms with van der Waals surface area (Å²) in [5.41, 5.74) is 5.19. The van der Waals surface area contributed by atoms with Crippen molar-refractivity contribution in [1.82, 2.24) is 10.1 Å². The number of halogens is 2. The van der Waals surface area contributed by atoms with Gasteiger partial charge in [0.25, 0.3) is 5.89 Å². The molecule has 102 valence electrons. The van der Waals surface area contributed by atoms with Crippen molar-refractivity contribution in [2.75, 3.05) is 0 Å². The van der Waals surface area contributed by atoms with Gasteiger partial charge in [-0.3, -0.25) is 0 Å². The standard InChI is InChI=1S/C12H13Cl2N3O2/c1-12(2,15)11-16-9(19-17-11)6-18-10-7(13)4-3-5-8(10)14/h3-5H,6,15H2,1-2H3. The van der Waals surface area contributed by atoms with E-state index in [-0.39, 0.29) is 6.61 Å². The smallest absolute Gasteiger partial charge is 0.264 e. The summed E-state index contributed by atoms with van der Waals surface area (Å²) < 4.78 is 10.5. The molecule has 0 saturated heterocycles. The number of hydrogen-bond donors (Lipinski definition) is 1. The van der Waals surface area contributed by atoms with Crippen LogP contribution in [-0.2, 0) is 12.1 Å². The van der Waals surface area contributed by atoms with Crippen LogP contribution in [0.1, 0.15) is 25.6 Å². The van der Waals surface area contributed by atoms with Crippen LogP contribution in [0, 0.1) is 0 Å². The molecule has 7 heteroatoms. The van der Waals surface area contributed by atoms with Gasteiger partial charge in [0.2, 0.25) is 0 Å². The summed E-state index contributed by atoms with van der Waals surface area (Å²) in [7, 11) is 0. The fraction of sp³-hybridized carbons (Fsp3) is 0.333. The topological polar surface area (TPSA) is 74.2 Å². The highest BCUT2D eigenvalue weighted by atomic mass is 35.5. The minimum atomic E-state index is -0.663. The van der Waals surface area contributed by atoms with Gasteiger partial charge in [-0.25, -0.2) is 0 Å². The van der Waals surface area contributed by atoms with Crippen molar-refractivity contribution in [2.45, 2.75) is 26.0 Å². The van der Waals surface area contributed by atoms with Crippen LogP contribution in [0.5, 0.6) is 5.75 Å². The van der Waals surface area contributed by atoms with Crippen LogP contribution in [-0.4, -0.2) is 10.1 Å². The fourth-order valence-electron chi connectivity index (χ4n) is 1.33. The van der Waals surface area contributed by atoms with E-state index in [0.717, 1.165) is 0 Å². The Kier molecular flexibility index (Phi) is 3.99. The van der Waals surface area contributed by atoms with E-state index in [4.69, 9.17) is 38.2 Å². The Bertz CT molecular complexity index is 558. The number of rotatable bonds is 4. The zero-order valence-electron chi connectivity index (χ0n) is 10.5. The van der Waals surface area contributed by atoms with Crippen LogP contribution in [0.2, 0.25) is 10.0 Å². The third-order valence-electron chi connectivity index (χ3n) is 2.30. The lowest BCUT2D eigenvalue weighted by atomic mass is 10.1. The van der Waals surface area contributed by atoms with Gasteiger partial charge in [0.05, 0.1) is 15.6 Å². The van der Waals surface area contributed by atoms with Gasteiger partial charge in [0.15, 0.2) is 18.2 Å². The summed E-state index contributed by atoms with van der Waals surface area (Å²) in [4.78, 5) is 4.14. The molecule has 0 amide bonds. The molecule has 1 heterocycles. The van der Waals surface area contributed by atoms with E-state index in [1.54, 1.807) is 32.0 Å². The van der Waals surface area contributed by atoms with Gasteiger partial charge in [-0.05, 0) is 26.0 Å². The SMILES string of the molecule is CC(C)(N)c1noc(COc2c(Cl)cccc2Cl)n1. The number of ether oxygens (including phenoxy) is 1. The van der Waals surface area contributed by atoms with Crippen LogP contribution in [0.15, 0.2) is 22.7 Å². The summed E-state index contributed by atoms with van der Waals surface area (Å²) in [5.74, 6) is 1.11. The highest BCUT2D eigenvalue weighted by molar-refractivity contribution is 6.37. The van der Waals surface area contributed by atoms with Gasteiger partial charge < -0.3 is 15.0 Å². The maximum Gasteiger partial charge on any atom is 0.264 e. The molecule has 0 aliphatic carbocycles. The van der Waals surface area contributed by atoms with E-state index in [1.165, 1.54) is 0 Å². The number of nitrogens with two attached hydrogens (primary N) is 1. The molecule has 0 atom stereocenters. The zero-order valence-corrected chi connectivity index (χ0v) is 12.0. The average Bonchev–Trinajstić information content (AvgIpc) is 2.77. The number of para-hydroxylation sites is 1. The second-order valence-corrected chi connectivity index (χ2v) is 5.39. The average molecular weight is 302 g/mol. The van der Waals surface area contributed by atoms with Crippen LogP contribution >= 0.6 is 23.2 Å². The molecular weight excluding hydrogens is 289 g/mol. The Hall–Kier alpha value is -1.30. The monoisotopic (exact) mass is 301 g/mol. The minimum absolute atomic E-state index is 0.0759. The Labute approximate surface area is 120 Å². The number of hydrogen-bond acceptors (Lipinski definition) is 5. The van der Waals surface area contributed by atoms with Gasteiger partial charge in [0, 0.05) is 0 Å². The molecule has 2 N–H and O–H groups in total. The molecule has 0 spiro atoms. The lowest BCUT2D eigenvalue weighted by Gasteiger charge is -2.11. The van der Waals surface area contributed by atoms with E-state index in [9.17, 15) is 0 Å². The summed E-state index contributed by atoms with van der Waals surface area (Å²) in [5, 5.41) is 4.63. The van der Waals surface area contributed by atoms with E-state index >= 15 is 0 Å². The molecule has 0 fully saturated rings. The molecule has 2 aromatic rings. The van der Waals surface area contributed by atoms with Gasteiger partial charge in [-0.1, -0.05) is 34.4 Å². The molecule has 0 radical (unpaired) electrons. The maximum atomic E-state index is 5.98. The third-order valence-corrected chi connectivity index (χ3v) is 2.90. The van der Waals surface area contributed by atoms with Gasteiger partial charge >= 0.3 is 0 Å². The molecule has 19 heavy (non-hydrogen) atoms. The summed E-state index contributed by atoms with van der Waals surface area (Å²) in [6.45, 7) is 3.65. The van der Waals surface area contributed by atoms with Crippen molar-refractivity contribution in [3.63, 3.8) is 0 Å². The first-order chi connectivity index (χ1) is 8.88. The predicted octanol–water partition coefficient (Wildman–Crippen LogP) is 3.15. The molecule has 2 rings (SSSR count). The van der Waals surface area contributed by atoms with Crippen molar-refractivity contribution in [1.29, 1.82) is 0 Å². The lowest BCUT2D eigenvalue weighted by Crippen LogP contribution is -2.30. The molecule has 0 aliphatic heterocycles. The number of benzene rings is 1. The molecule has 0 aliphatic rings. The van der Waals surface area contributed by atoms with Crippen LogP contribution in [0.25, 0.3) is 0 Å². The Morgan fingerprint density at radius 3 is 2.47 bits per heavy atom. The normalized spacial score (nSPS) is 11.6. The number of nitrogens with zero attached hydrogens (tertiary/aromatic N) is 2. The highest BCUT2D eigenvalue weighted by Gasteiger charge is 2.21. The van der Waals surface area contributed by atoms with Gasteiger partial charge in [-0.2, -0.15) is 4.98 Å². The molecular formula is C12H13Cl2N3O2. The second kappa shape index (κ2) is 5.36. The molecule has 1 aromatic carbocycles. The quantitative estimate of drug-likeness (QED) is 0.939. The van der Waals surface area contributed by atoms with Crippen LogP contribution in [0.4, 0.5) is 0 Å². The summed E-state index contributed by atoms with van der Waals surface area (Å²) in [6.07, 6.45) is 0. The molecule has 1 aromatic heterocycles. The fourth-order valence-corrected chi connectivity index (χ4v) is 1.84. The van der Waals surface area contributed by atoms with Crippen molar-refractivity contribution in [2.24, 2.45) is 5.73 Å². The van der Waals surface area contributed by atoms with E-state index in [0.29, 0.717) is 27.5 Å². The van der Waals surface area contributed by atoms with Crippen LogP contribution < -0.4 is 10.5 Å². The highest BCUT2D eigenvalue weighted by Crippen LogP contribution is 2.32. The summed E-state index contributed by atoms with van der Waals surface area (Å²) >= 11 is 12.0. The van der Waals surface area contributed by atoms with Crippen molar-refractivity contribution >= 4 is 23.2 Å². The Morgan fingerprint density at radius 1 is 1.32 bits per heavy atom. The lowest BCUT2D eigenvalue weighted by molar-refractivity contribution is 0.242. The van der Waals surface area contributed by atoms with E-state index in [1.807, 2.05) is 0 Å².